The van der Waals surface area contributed by atoms with Gasteiger partial charge < -0.3 is 14.6 Å². The number of quaternary nitrogens is 1. The van der Waals surface area contributed by atoms with Crippen LogP contribution in [0.25, 0.3) is 0 Å². The fraction of sp³-hybridized carbons (Fsp3) is 0.364. The molecule has 2 aromatic heterocycles. The average molecular weight is 414 g/mol. The van der Waals surface area contributed by atoms with Crippen molar-refractivity contribution in [3.05, 3.63) is 76.5 Å². The highest BCUT2D eigenvalue weighted by molar-refractivity contribution is 6.33. The Kier molecular flexibility index (Phi) is 6.02. The number of rotatable bonds is 7. The lowest BCUT2D eigenvalue weighted by atomic mass is 10.1. The maximum atomic E-state index is 13.0. The lowest BCUT2D eigenvalue weighted by Gasteiger charge is -2.23. The van der Waals surface area contributed by atoms with Crippen molar-refractivity contribution in [2.45, 2.75) is 32.4 Å². The molecule has 0 saturated carbocycles. The Bertz CT molecular complexity index is 947. The molecule has 1 aliphatic heterocycles. The third-order valence-corrected chi connectivity index (χ3v) is 5.94. The molecular formula is C22H26ClN4O2+. The van der Waals surface area contributed by atoms with Gasteiger partial charge in [-0.2, -0.15) is 5.10 Å². The van der Waals surface area contributed by atoms with E-state index in [0.29, 0.717) is 29.5 Å². The van der Waals surface area contributed by atoms with Gasteiger partial charge in [0.25, 0.3) is 5.91 Å². The van der Waals surface area contributed by atoms with Crippen LogP contribution in [-0.4, -0.2) is 35.3 Å². The normalized spacial score (nSPS) is 15.5. The van der Waals surface area contributed by atoms with Gasteiger partial charge in [0.15, 0.2) is 11.8 Å². The molecule has 0 bridgehead atoms. The number of amides is 1. The molecule has 0 spiro atoms. The molecule has 0 aliphatic carbocycles. The first-order valence-corrected chi connectivity index (χ1v) is 10.4. The van der Waals surface area contributed by atoms with E-state index < -0.39 is 0 Å². The Balaban J connectivity index is 1.48. The van der Waals surface area contributed by atoms with Gasteiger partial charge in [-0.05, 0) is 24.6 Å². The molecule has 6 nitrogen and oxygen atoms in total. The van der Waals surface area contributed by atoms with Crippen molar-refractivity contribution < 1.29 is 14.1 Å². The van der Waals surface area contributed by atoms with E-state index in [-0.39, 0.29) is 11.9 Å². The fourth-order valence-corrected chi connectivity index (χ4v) is 4.39. The number of likely N-dealkylation sites (tertiary alicyclic amines) is 1. The molecule has 1 aromatic carbocycles. The molecule has 7 heteroatoms. The summed E-state index contributed by atoms with van der Waals surface area (Å²) < 4.78 is 7.33. The van der Waals surface area contributed by atoms with Crippen LogP contribution >= 0.6 is 11.6 Å². The van der Waals surface area contributed by atoms with Crippen LogP contribution in [0.4, 0.5) is 0 Å². The summed E-state index contributed by atoms with van der Waals surface area (Å²) in [6.07, 6.45) is 4.10. The minimum Gasteiger partial charge on any atom is -0.463 e. The zero-order valence-electron chi connectivity index (χ0n) is 16.5. The Hall–Kier alpha value is -2.57. The predicted molar refractivity (Wildman–Crippen MR) is 111 cm³/mol. The summed E-state index contributed by atoms with van der Waals surface area (Å²) >= 11 is 6.53. The number of nitrogens with one attached hydrogen (secondary N) is 2. The molecule has 0 unspecified atom stereocenters. The van der Waals surface area contributed by atoms with Crippen LogP contribution in [0.2, 0.25) is 5.15 Å². The molecule has 0 radical (unpaired) electrons. The quantitative estimate of drug-likeness (QED) is 0.625. The lowest BCUT2D eigenvalue weighted by Crippen LogP contribution is -3.11. The van der Waals surface area contributed by atoms with Gasteiger partial charge in [-0.1, -0.05) is 41.9 Å². The first-order valence-electron chi connectivity index (χ1n) is 10.1. The number of carbonyl (C=O) groups excluding carboxylic acids is 1. The van der Waals surface area contributed by atoms with Crippen molar-refractivity contribution in [2.75, 3.05) is 19.6 Å². The Labute approximate surface area is 175 Å². The molecule has 1 amide bonds. The lowest BCUT2D eigenvalue weighted by molar-refractivity contribution is -0.919. The van der Waals surface area contributed by atoms with Gasteiger partial charge in [-0.3, -0.25) is 4.79 Å². The standard InChI is InChI=1S/C22H25ClN4O2/c1-16-20(21(23)27(25-16)15-17-8-3-2-4-9-17)22(28)24-14-18(19-10-7-13-29-19)26-11-5-6-12-26/h2-4,7-10,13,18H,5-6,11-12,14-15H2,1H3,(H,24,28)/p+1/t18-/m1/s1. The first kappa shape index (κ1) is 19.7. The van der Waals surface area contributed by atoms with Crippen molar-refractivity contribution in [2.24, 2.45) is 0 Å². The highest BCUT2D eigenvalue weighted by atomic mass is 35.5. The minimum absolute atomic E-state index is 0.106. The molecular weight excluding hydrogens is 388 g/mol. The van der Waals surface area contributed by atoms with Gasteiger partial charge in [0.05, 0.1) is 43.7 Å². The SMILES string of the molecule is Cc1nn(Cc2ccccc2)c(Cl)c1C(=O)NC[C@H](c1ccco1)[NH+]1CCCC1. The highest BCUT2D eigenvalue weighted by Gasteiger charge is 2.30. The second kappa shape index (κ2) is 8.84. The fourth-order valence-electron chi connectivity index (χ4n) is 4.07. The summed E-state index contributed by atoms with van der Waals surface area (Å²) in [6, 6.07) is 13.9. The maximum Gasteiger partial charge on any atom is 0.256 e. The number of hydrogen-bond donors (Lipinski definition) is 2. The number of aromatic nitrogens is 2. The minimum atomic E-state index is -0.193. The maximum absolute atomic E-state index is 13.0. The number of carbonyl (C=O) groups is 1. The van der Waals surface area contributed by atoms with Crippen molar-refractivity contribution in [3.8, 4) is 0 Å². The third-order valence-electron chi connectivity index (χ3n) is 5.56. The zero-order chi connectivity index (χ0) is 20.2. The monoisotopic (exact) mass is 413 g/mol. The van der Waals surface area contributed by atoms with E-state index in [4.69, 9.17) is 16.0 Å². The van der Waals surface area contributed by atoms with Crippen LogP contribution in [0.15, 0.2) is 53.1 Å². The average Bonchev–Trinajstić information content (AvgIpc) is 3.47. The molecule has 1 saturated heterocycles. The molecule has 4 rings (SSSR count). The summed E-state index contributed by atoms with van der Waals surface area (Å²) in [4.78, 5) is 14.4. The van der Waals surface area contributed by atoms with Gasteiger partial charge in [0.1, 0.15) is 5.15 Å². The number of furan rings is 1. The Morgan fingerprint density at radius 2 is 2.00 bits per heavy atom. The van der Waals surface area contributed by atoms with Crippen LogP contribution in [0.1, 0.15) is 46.3 Å². The summed E-state index contributed by atoms with van der Waals surface area (Å²) in [5, 5.41) is 7.91. The second-order valence-electron chi connectivity index (χ2n) is 7.54. The number of benzene rings is 1. The molecule has 3 aromatic rings. The molecule has 2 N–H and O–H groups in total. The highest BCUT2D eigenvalue weighted by Crippen LogP contribution is 2.21. The van der Waals surface area contributed by atoms with E-state index in [1.807, 2.05) is 49.4 Å². The van der Waals surface area contributed by atoms with Crippen molar-refractivity contribution >= 4 is 17.5 Å². The Morgan fingerprint density at radius 3 is 2.69 bits per heavy atom. The first-order chi connectivity index (χ1) is 14.1. The van der Waals surface area contributed by atoms with E-state index in [2.05, 4.69) is 10.4 Å². The van der Waals surface area contributed by atoms with Crippen molar-refractivity contribution in [3.63, 3.8) is 0 Å². The van der Waals surface area contributed by atoms with E-state index in [1.54, 1.807) is 10.9 Å². The second-order valence-corrected chi connectivity index (χ2v) is 7.90. The van der Waals surface area contributed by atoms with Crippen LogP contribution in [0.3, 0.4) is 0 Å². The number of halogens is 1. The van der Waals surface area contributed by atoms with Crippen LogP contribution in [0.5, 0.6) is 0 Å². The molecule has 1 fully saturated rings. The van der Waals surface area contributed by atoms with Gasteiger partial charge >= 0.3 is 0 Å². The van der Waals surface area contributed by atoms with Gasteiger partial charge in [0, 0.05) is 12.8 Å². The van der Waals surface area contributed by atoms with E-state index in [1.165, 1.54) is 17.7 Å². The summed E-state index contributed by atoms with van der Waals surface area (Å²) in [6.45, 7) is 5.03. The molecule has 152 valence electrons. The topological polar surface area (TPSA) is 64.5 Å². The van der Waals surface area contributed by atoms with Crippen molar-refractivity contribution in [1.29, 1.82) is 0 Å². The molecule has 29 heavy (non-hydrogen) atoms. The zero-order valence-corrected chi connectivity index (χ0v) is 17.3. The molecule has 1 aliphatic rings. The largest absolute Gasteiger partial charge is 0.463 e. The number of hydrogen-bond acceptors (Lipinski definition) is 3. The third kappa shape index (κ3) is 4.38. The van der Waals surface area contributed by atoms with Gasteiger partial charge in [-0.25, -0.2) is 4.68 Å². The summed E-state index contributed by atoms with van der Waals surface area (Å²) in [5.74, 6) is 0.715. The van der Waals surface area contributed by atoms with Crippen molar-refractivity contribution in [1.82, 2.24) is 15.1 Å². The van der Waals surface area contributed by atoms with Crippen LogP contribution < -0.4 is 10.2 Å². The van der Waals surface area contributed by atoms with Gasteiger partial charge in [-0.15, -0.1) is 0 Å². The van der Waals surface area contributed by atoms with E-state index in [9.17, 15) is 4.79 Å². The molecule has 3 heterocycles. The predicted octanol–water partition coefficient (Wildman–Crippen LogP) is 2.64. The van der Waals surface area contributed by atoms with E-state index >= 15 is 0 Å². The van der Waals surface area contributed by atoms with E-state index in [0.717, 1.165) is 24.4 Å². The smallest absolute Gasteiger partial charge is 0.256 e. The summed E-state index contributed by atoms with van der Waals surface area (Å²) in [7, 11) is 0. The number of aryl methyl sites for hydroxylation is 1. The molecule has 1 atom stereocenters. The summed E-state index contributed by atoms with van der Waals surface area (Å²) in [5.41, 5.74) is 2.16. The van der Waals surface area contributed by atoms with Crippen LogP contribution in [-0.2, 0) is 6.54 Å². The van der Waals surface area contributed by atoms with Crippen LogP contribution in [0, 0.1) is 6.92 Å². The van der Waals surface area contributed by atoms with Gasteiger partial charge in [0.2, 0.25) is 0 Å². The number of nitrogens with zero attached hydrogens (tertiary/aromatic N) is 2. The Morgan fingerprint density at radius 1 is 1.24 bits per heavy atom.